The Morgan fingerprint density at radius 1 is 1.00 bits per heavy atom. The van der Waals surface area contributed by atoms with Gasteiger partial charge in [0.25, 0.3) is 0 Å². The summed E-state index contributed by atoms with van der Waals surface area (Å²) in [6.07, 6.45) is 1.76. The molecule has 4 aromatic heterocycles. The molecule has 25 heavy (non-hydrogen) atoms. The first kappa shape index (κ1) is 14.2. The highest BCUT2D eigenvalue weighted by Gasteiger charge is 2.15. The summed E-state index contributed by atoms with van der Waals surface area (Å²) in [6, 6.07) is 16.2. The number of thiazole rings is 1. The molecule has 0 fully saturated rings. The van der Waals surface area contributed by atoms with Gasteiger partial charge in [-0.1, -0.05) is 30.3 Å². The molecular formula is C19H13N5S. The first-order valence-corrected chi connectivity index (χ1v) is 8.80. The Kier molecular flexibility index (Phi) is 3.11. The highest BCUT2D eigenvalue weighted by molar-refractivity contribution is 7.15. The topological polar surface area (TPSA) is 56.0 Å². The largest absolute Gasteiger partial charge is 0.237 e. The van der Waals surface area contributed by atoms with E-state index in [4.69, 9.17) is 10.1 Å². The summed E-state index contributed by atoms with van der Waals surface area (Å²) in [4.78, 5) is 14.5. The molecule has 0 radical (unpaired) electrons. The second kappa shape index (κ2) is 5.46. The minimum Gasteiger partial charge on any atom is -0.237 e. The molecule has 0 saturated carbocycles. The zero-order valence-corrected chi connectivity index (χ0v) is 14.2. The predicted molar refractivity (Wildman–Crippen MR) is 99.6 cm³/mol. The second-order valence-corrected chi connectivity index (χ2v) is 6.62. The van der Waals surface area contributed by atoms with E-state index in [0.29, 0.717) is 5.82 Å². The summed E-state index contributed by atoms with van der Waals surface area (Å²) in [5, 5.41) is 7.82. The van der Waals surface area contributed by atoms with Gasteiger partial charge in [0.15, 0.2) is 11.5 Å². The number of hydrogen-bond acceptors (Lipinski definition) is 5. The van der Waals surface area contributed by atoms with Gasteiger partial charge in [0, 0.05) is 28.1 Å². The van der Waals surface area contributed by atoms with Crippen molar-refractivity contribution < 1.29 is 0 Å². The van der Waals surface area contributed by atoms with E-state index < -0.39 is 0 Å². The smallest absolute Gasteiger partial charge is 0.213 e. The molecule has 0 aliphatic carbocycles. The minimum absolute atomic E-state index is 0.694. The molecule has 4 heterocycles. The second-order valence-electron chi connectivity index (χ2n) is 5.79. The number of aromatic nitrogens is 5. The van der Waals surface area contributed by atoms with Crippen LogP contribution in [-0.2, 0) is 0 Å². The van der Waals surface area contributed by atoms with Crippen molar-refractivity contribution in [3.63, 3.8) is 0 Å². The van der Waals surface area contributed by atoms with Crippen molar-refractivity contribution in [2.24, 2.45) is 0 Å². The van der Waals surface area contributed by atoms with E-state index in [2.05, 4.69) is 33.5 Å². The van der Waals surface area contributed by atoms with E-state index in [0.717, 1.165) is 38.5 Å². The number of fused-ring (bicyclic) bond motifs is 2. The third-order valence-electron chi connectivity index (χ3n) is 4.17. The summed E-state index contributed by atoms with van der Waals surface area (Å²) < 4.78 is 1.90. The molecule has 0 bridgehead atoms. The van der Waals surface area contributed by atoms with Crippen molar-refractivity contribution in [2.45, 2.75) is 6.92 Å². The van der Waals surface area contributed by atoms with E-state index in [-0.39, 0.29) is 0 Å². The third kappa shape index (κ3) is 2.30. The standard InChI is InChI=1S/C19H13N5S/c1-12-15(10-14-8-5-9-20-17(14)21-12)18-22-19-24(23-18)16(11-25-19)13-6-3-2-4-7-13/h2-11H,1H3. The molecule has 0 N–H and O–H groups in total. The van der Waals surface area contributed by atoms with Crippen LogP contribution in [0.1, 0.15) is 5.69 Å². The van der Waals surface area contributed by atoms with Crippen LogP contribution in [0.15, 0.2) is 60.1 Å². The molecule has 5 rings (SSSR count). The lowest BCUT2D eigenvalue weighted by Gasteiger charge is -2.03. The van der Waals surface area contributed by atoms with Gasteiger partial charge in [-0.3, -0.25) is 0 Å². The molecule has 0 spiro atoms. The molecular weight excluding hydrogens is 330 g/mol. The predicted octanol–water partition coefficient (Wildman–Crippen LogP) is 4.38. The lowest BCUT2D eigenvalue weighted by atomic mass is 10.1. The number of aryl methyl sites for hydroxylation is 1. The van der Waals surface area contributed by atoms with Gasteiger partial charge >= 0.3 is 0 Å². The van der Waals surface area contributed by atoms with Crippen molar-refractivity contribution in [1.82, 2.24) is 24.6 Å². The maximum Gasteiger partial charge on any atom is 0.213 e. The fraction of sp³-hybridized carbons (Fsp3) is 0.0526. The summed E-state index contributed by atoms with van der Waals surface area (Å²) in [5.41, 5.74) is 4.74. The third-order valence-corrected chi connectivity index (χ3v) is 4.99. The molecule has 0 unspecified atom stereocenters. The SMILES string of the molecule is Cc1nc2ncccc2cc1-c1nc2scc(-c3ccccc3)n2n1. The molecule has 0 aliphatic heterocycles. The zero-order chi connectivity index (χ0) is 16.8. The Morgan fingerprint density at radius 3 is 2.76 bits per heavy atom. The Balaban J connectivity index is 1.69. The van der Waals surface area contributed by atoms with Crippen LogP contribution in [0.25, 0.3) is 38.6 Å². The monoisotopic (exact) mass is 343 g/mol. The van der Waals surface area contributed by atoms with Crippen LogP contribution in [0.2, 0.25) is 0 Å². The highest BCUT2D eigenvalue weighted by Crippen LogP contribution is 2.29. The average molecular weight is 343 g/mol. The number of nitrogens with zero attached hydrogens (tertiary/aromatic N) is 5. The van der Waals surface area contributed by atoms with Crippen LogP contribution in [0, 0.1) is 6.92 Å². The Hall–Kier alpha value is -3.12. The molecule has 0 amide bonds. The van der Waals surface area contributed by atoms with Crippen molar-refractivity contribution in [2.75, 3.05) is 0 Å². The van der Waals surface area contributed by atoms with E-state index >= 15 is 0 Å². The molecule has 0 atom stereocenters. The minimum atomic E-state index is 0.694. The number of benzene rings is 1. The lowest BCUT2D eigenvalue weighted by molar-refractivity contribution is 0.987. The summed E-state index contributed by atoms with van der Waals surface area (Å²) in [5.74, 6) is 0.694. The Labute approximate surface area is 147 Å². The van der Waals surface area contributed by atoms with Crippen molar-refractivity contribution in [1.29, 1.82) is 0 Å². The van der Waals surface area contributed by atoms with E-state index in [1.165, 1.54) is 0 Å². The first-order valence-electron chi connectivity index (χ1n) is 7.92. The molecule has 6 heteroatoms. The van der Waals surface area contributed by atoms with Crippen LogP contribution in [0.3, 0.4) is 0 Å². The quantitative estimate of drug-likeness (QED) is 0.477. The van der Waals surface area contributed by atoms with Crippen molar-refractivity contribution >= 4 is 27.3 Å². The van der Waals surface area contributed by atoms with Gasteiger partial charge in [0.1, 0.15) is 0 Å². The van der Waals surface area contributed by atoms with Crippen molar-refractivity contribution in [3.8, 4) is 22.6 Å². The average Bonchev–Trinajstić information content (AvgIpc) is 3.22. The number of hydrogen-bond donors (Lipinski definition) is 0. The summed E-state index contributed by atoms with van der Waals surface area (Å²) >= 11 is 1.59. The summed E-state index contributed by atoms with van der Waals surface area (Å²) in [7, 11) is 0. The molecule has 5 aromatic rings. The van der Waals surface area contributed by atoms with Crippen LogP contribution >= 0.6 is 11.3 Å². The summed E-state index contributed by atoms with van der Waals surface area (Å²) in [6.45, 7) is 1.97. The molecule has 1 aromatic carbocycles. The van der Waals surface area contributed by atoms with E-state index in [1.54, 1.807) is 17.5 Å². The number of pyridine rings is 2. The van der Waals surface area contributed by atoms with Gasteiger partial charge < -0.3 is 0 Å². The van der Waals surface area contributed by atoms with E-state index in [1.807, 2.05) is 41.8 Å². The van der Waals surface area contributed by atoms with Gasteiger partial charge in [-0.2, -0.15) is 4.98 Å². The van der Waals surface area contributed by atoms with Crippen LogP contribution in [0.4, 0.5) is 0 Å². The van der Waals surface area contributed by atoms with Gasteiger partial charge in [0.05, 0.1) is 11.4 Å². The Morgan fingerprint density at radius 2 is 1.88 bits per heavy atom. The maximum absolute atomic E-state index is 4.74. The van der Waals surface area contributed by atoms with Gasteiger partial charge in [0.2, 0.25) is 4.96 Å². The highest BCUT2D eigenvalue weighted by atomic mass is 32.1. The van der Waals surface area contributed by atoms with Crippen LogP contribution in [0.5, 0.6) is 0 Å². The van der Waals surface area contributed by atoms with Gasteiger partial charge in [-0.25, -0.2) is 14.5 Å². The van der Waals surface area contributed by atoms with Crippen molar-refractivity contribution in [3.05, 3.63) is 65.8 Å². The normalized spacial score (nSPS) is 11.4. The van der Waals surface area contributed by atoms with Gasteiger partial charge in [-0.15, -0.1) is 16.4 Å². The zero-order valence-electron chi connectivity index (χ0n) is 13.4. The number of rotatable bonds is 2. The fourth-order valence-corrected chi connectivity index (χ4v) is 3.75. The molecule has 0 saturated heterocycles. The fourth-order valence-electron chi connectivity index (χ4n) is 2.92. The maximum atomic E-state index is 4.74. The van der Waals surface area contributed by atoms with Crippen LogP contribution in [-0.4, -0.2) is 24.6 Å². The lowest BCUT2D eigenvalue weighted by Crippen LogP contribution is -1.94. The van der Waals surface area contributed by atoms with Gasteiger partial charge in [-0.05, 0) is 25.1 Å². The first-order chi connectivity index (χ1) is 12.3. The molecule has 5 nitrogen and oxygen atoms in total. The molecule has 0 aliphatic rings. The molecule has 120 valence electrons. The van der Waals surface area contributed by atoms with Crippen LogP contribution < -0.4 is 0 Å². The Bertz CT molecular complexity index is 1210. The van der Waals surface area contributed by atoms with E-state index in [9.17, 15) is 0 Å².